The third-order valence-electron chi connectivity index (χ3n) is 7.34. The van der Waals surface area contributed by atoms with E-state index in [1.165, 1.54) is 0 Å². The van der Waals surface area contributed by atoms with Crippen molar-refractivity contribution >= 4 is 49.9 Å². The fraction of sp³-hybridized carbons (Fsp3) is 0.500. The van der Waals surface area contributed by atoms with Gasteiger partial charge in [-0.3, -0.25) is 46.8 Å². The number of phosphoric ester groups is 2. The Kier molecular flexibility index (Phi) is 7.37. The first-order valence-electron chi connectivity index (χ1n) is 13.1. The zero-order valence-corrected chi connectivity index (χ0v) is 24.5. The van der Waals surface area contributed by atoms with Crippen molar-refractivity contribution in [2.75, 3.05) is 24.7 Å². The number of rotatable bonds is 2. The van der Waals surface area contributed by atoms with Crippen LogP contribution < -0.4 is 22.6 Å². The van der Waals surface area contributed by atoms with Crippen LogP contribution in [0.15, 0.2) is 22.2 Å². The van der Waals surface area contributed by atoms with Crippen molar-refractivity contribution in [3.05, 3.63) is 33.4 Å². The lowest BCUT2D eigenvalue weighted by atomic mass is 10.1. The van der Waals surface area contributed by atoms with Gasteiger partial charge >= 0.3 is 15.6 Å². The zero-order chi connectivity index (χ0) is 32.7. The van der Waals surface area contributed by atoms with Gasteiger partial charge in [-0.2, -0.15) is 9.97 Å². The number of ether oxygens (including phenoxy) is 2. The smallest absolute Gasteiger partial charge is 0.386 e. The molecule has 46 heavy (non-hydrogen) atoms. The molecule has 7 heterocycles. The van der Waals surface area contributed by atoms with Gasteiger partial charge in [-0.25, -0.2) is 23.5 Å². The second kappa shape index (κ2) is 11.0. The number of nitrogens with one attached hydrogen (secondary N) is 2. The fourth-order valence-corrected chi connectivity index (χ4v) is 7.23. The Balaban J connectivity index is 1.21. The Morgan fingerprint density at radius 3 is 1.87 bits per heavy atom. The number of fused-ring (bicyclic) bond motifs is 5. The van der Waals surface area contributed by atoms with Gasteiger partial charge in [-0.15, -0.1) is 0 Å². The molecule has 0 amide bonds. The van der Waals surface area contributed by atoms with Gasteiger partial charge in [0.05, 0.1) is 25.9 Å². The standard InChI is InChI=1S/C20H23FN10O13P2/c21-7-5-1-39-45(35,36)43-11-6(42-17(10(11)32)30-3-24-8-13(30)26-19(22)28-15(8)33)2-40-46(37,38)44-12(7)18(41-5)31-4-25-9-14(31)27-20(23)29-16(9)34/h3-7,10-12,17-18,32H,1-2H2,(H,35,36)(H,37,38)(H3,22,26,28,33)(H3,23,27,29,34)/t5-,6-,7-,10-,11-,12-,17-,18-/m0/s1. The largest absolute Gasteiger partial charge is 0.472 e. The summed E-state index contributed by atoms with van der Waals surface area (Å²) in [4.78, 5) is 65.9. The number of H-pyrrole nitrogens is 2. The van der Waals surface area contributed by atoms with Crippen LogP contribution in [0.2, 0.25) is 0 Å². The van der Waals surface area contributed by atoms with Crippen LogP contribution in [0.3, 0.4) is 0 Å². The summed E-state index contributed by atoms with van der Waals surface area (Å²) in [6, 6.07) is 0. The second-order valence-electron chi connectivity index (χ2n) is 10.3. The van der Waals surface area contributed by atoms with Crippen molar-refractivity contribution in [2.45, 2.75) is 49.1 Å². The number of hydrogen-bond donors (Lipinski definition) is 7. The van der Waals surface area contributed by atoms with Gasteiger partial charge in [0.2, 0.25) is 11.9 Å². The minimum Gasteiger partial charge on any atom is -0.386 e. The predicted molar refractivity (Wildman–Crippen MR) is 145 cm³/mol. The summed E-state index contributed by atoms with van der Waals surface area (Å²) < 4.78 is 75.8. The van der Waals surface area contributed by atoms with Gasteiger partial charge in [-0.1, -0.05) is 0 Å². The molecule has 4 aromatic rings. The quantitative estimate of drug-likeness (QED) is 0.111. The van der Waals surface area contributed by atoms with Crippen LogP contribution in [0.25, 0.3) is 22.3 Å². The molecule has 248 valence electrons. The molecule has 0 aliphatic carbocycles. The van der Waals surface area contributed by atoms with E-state index in [-0.39, 0.29) is 34.2 Å². The molecular formula is C20H23FN10O13P2. The molecule has 10 atom stereocenters. The summed E-state index contributed by atoms with van der Waals surface area (Å²) in [5.74, 6) is -0.624. The van der Waals surface area contributed by atoms with Gasteiger partial charge in [-0.05, 0) is 0 Å². The highest BCUT2D eigenvalue weighted by atomic mass is 31.2. The number of aliphatic hydroxyl groups excluding tert-OH is 1. The molecule has 3 aliphatic rings. The number of nitrogens with two attached hydrogens (primary N) is 2. The summed E-state index contributed by atoms with van der Waals surface area (Å²) in [6.07, 6.45) is -12.2. The maximum absolute atomic E-state index is 15.7. The van der Waals surface area contributed by atoms with E-state index in [9.17, 15) is 33.6 Å². The first-order chi connectivity index (χ1) is 21.7. The Morgan fingerprint density at radius 1 is 0.826 bits per heavy atom. The van der Waals surface area contributed by atoms with Crippen LogP contribution in [-0.2, 0) is 36.7 Å². The number of alkyl halides is 1. The van der Waals surface area contributed by atoms with Gasteiger partial charge in [0.25, 0.3) is 11.1 Å². The van der Waals surface area contributed by atoms with Crippen LogP contribution in [0.4, 0.5) is 16.3 Å². The number of imidazole rings is 2. The van der Waals surface area contributed by atoms with E-state index < -0.39 is 89.1 Å². The maximum Gasteiger partial charge on any atom is 0.472 e. The molecule has 3 fully saturated rings. The SMILES string of the molecule is Nc1nc2c(ncn2[C@H]2O[C@H]3COP(=O)(O)O[C@H]4[C@@H](F)[C@H](COP(=O)(O)O[C@@H]3[C@@H]2O)O[C@@H]4n2cnc3c(=O)[nH]c(N)nc32)c(=O)[nH]1. The van der Waals surface area contributed by atoms with Crippen molar-refractivity contribution in [3.63, 3.8) is 0 Å². The molecule has 0 saturated carbocycles. The number of halogens is 1. The van der Waals surface area contributed by atoms with Gasteiger partial charge in [0.15, 0.2) is 41.0 Å². The number of nitrogens with zero attached hydrogens (tertiary/aromatic N) is 6. The first kappa shape index (κ1) is 31.0. The normalized spacial score (nSPS) is 37.1. The first-order valence-corrected chi connectivity index (χ1v) is 16.1. The summed E-state index contributed by atoms with van der Waals surface area (Å²) in [5.41, 5.74) is 9.03. The molecular weight excluding hydrogens is 669 g/mol. The lowest BCUT2D eigenvalue weighted by Gasteiger charge is -2.25. The number of anilines is 2. The number of aromatic amines is 2. The van der Waals surface area contributed by atoms with E-state index in [2.05, 4.69) is 29.9 Å². The van der Waals surface area contributed by atoms with E-state index in [0.29, 0.717) is 0 Å². The Bertz CT molecular complexity index is 2050. The van der Waals surface area contributed by atoms with E-state index in [1.54, 1.807) is 0 Å². The zero-order valence-electron chi connectivity index (χ0n) is 22.7. The molecule has 26 heteroatoms. The van der Waals surface area contributed by atoms with Crippen molar-refractivity contribution in [1.82, 2.24) is 39.0 Å². The molecule has 9 N–H and O–H groups in total. The highest BCUT2D eigenvalue weighted by Gasteiger charge is 2.54. The van der Waals surface area contributed by atoms with Gasteiger partial charge in [0.1, 0.15) is 30.5 Å². The monoisotopic (exact) mass is 692 g/mol. The Hall–Kier alpha value is -3.67. The van der Waals surface area contributed by atoms with Gasteiger partial charge < -0.3 is 35.8 Å². The van der Waals surface area contributed by atoms with Crippen LogP contribution in [0, 0.1) is 0 Å². The second-order valence-corrected chi connectivity index (χ2v) is 13.1. The average molecular weight is 692 g/mol. The molecule has 0 aromatic carbocycles. The maximum atomic E-state index is 15.7. The Morgan fingerprint density at radius 2 is 1.30 bits per heavy atom. The fourth-order valence-electron chi connectivity index (χ4n) is 5.34. The topological polar surface area (TPSA) is 329 Å². The molecule has 3 saturated heterocycles. The molecule has 2 bridgehead atoms. The molecule has 4 aromatic heterocycles. The minimum atomic E-state index is -5.24. The molecule has 23 nitrogen and oxygen atoms in total. The van der Waals surface area contributed by atoms with E-state index in [4.69, 9.17) is 39.0 Å². The van der Waals surface area contributed by atoms with E-state index >= 15 is 4.39 Å². The van der Waals surface area contributed by atoms with Gasteiger partial charge in [0, 0.05) is 0 Å². The molecule has 0 radical (unpaired) electrons. The Labute approximate surface area is 252 Å². The van der Waals surface area contributed by atoms with Crippen molar-refractivity contribution in [1.29, 1.82) is 0 Å². The number of aromatic nitrogens is 8. The lowest BCUT2D eigenvalue weighted by molar-refractivity contribution is -0.0671. The van der Waals surface area contributed by atoms with Crippen LogP contribution >= 0.6 is 15.6 Å². The summed E-state index contributed by atoms with van der Waals surface area (Å²) in [5, 5.41) is 11.1. The van der Waals surface area contributed by atoms with E-state index in [1.807, 2.05) is 0 Å². The molecule has 2 unspecified atom stereocenters. The van der Waals surface area contributed by atoms with Crippen molar-refractivity contribution in [2.24, 2.45) is 0 Å². The lowest BCUT2D eigenvalue weighted by Crippen LogP contribution is -2.36. The highest BCUT2D eigenvalue weighted by molar-refractivity contribution is 7.47. The predicted octanol–water partition coefficient (Wildman–Crippen LogP) is -2.07. The van der Waals surface area contributed by atoms with Crippen molar-refractivity contribution < 1.29 is 56.0 Å². The minimum absolute atomic E-state index is 0.140. The summed E-state index contributed by atoms with van der Waals surface area (Å²) in [6.45, 7) is -1.91. The third kappa shape index (κ3) is 5.32. The third-order valence-corrected chi connectivity index (χ3v) is 9.31. The van der Waals surface area contributed by atoms with Crippen molar-refractivity contribution in [3.8, 4) is 0 Å². The average Bonchev–Trinajstić information content (AvgIpc) is 3.72. The number of hydrogen-bond acceptors (Lipinski definition) is 17. The number of phosphoric acid groups is 2. The summed E-state index contributed by atoms with van der Waals surface area (Å²) in [7, 11) is -10.4. The summed E-state index contributed by atoms with van der Waals surface area (Å²) >= 11 is 0. The number of nitrogen functional groups attached to an aromatic ring is 2. The number of aliphatic hydroxyl groups is 1. The molecule has 0 spiro atoms. The highest BCUT2D eigenvalue weighted by Crippen LogP contribution is 2.54. The van der Waals surface area contributed by atoms with E-state index in [0.717, 1.165) is 21.8 Å². The molecule has 7 rings (SSSR count). The van der Waals surface area contributed by atoms with Crippen LogP contribution in [-0.4, -0.2) is 104 Å². The van der Waals surface area contributed by atoms with Crippen LogP contribution in [0.5, 0.6) is 0 Å². The molecule has 3 aliphatic heterocycles. The van der Waals surface area contributed by atoms with Crippen LogP contribution in [0.1, 0.15) is 12.5 Å².